The summed E-state index contributed by atoms with van der Waals surface area (Å²) in [4.78, 5) is 8.05. The Morgan fingerprint density at radius 1 is 1.00 bits per heavy atom. The topological polar surface area (TPSA) is 97.4 Å². The summed E-state index contributed by atoms with van der Waals surface area (Å²) in [6.45, 7) is 0. The van der Waals surface area contributed by atoms with Crippen molar-refractivity contribution in [2.24, 2.45) is 0 Å². The zero-order valence-corrected chi connectivity index (χ0v) is 13.6. The van der Waals surface area contributed by atoms with Crippen molar-refractivity contribution in [3.63, 3.8) is 0 Å². The quantitative estimate of drug-likeness (QED) is 0.725. The summed E-state index contributed by atoms with van der Waals surface area (Å²) in [6.07, 6.45) is 1.38. The molecule has 0 amide bonds. The number of hydrogen-bond donors (Lipinski definition) is 2. The Hall–Kier alpha value is -3.97. The minimum Gasteiger partial charge on any atom is -0.338 e. The van der Waals surface area contributed by atoms with Crippen LogP contribution in [0.3, 0.4) is 0 Å². The molecule has 7 heteroatoms. The summed E-state index contributed by atoms with van der Waals surface area (Å²) < 4.78 is 14.0. The maximum Gasteiger partial charge on any atom is 0.229 e. The number of nitrogens with one attached hydrogen (secondary N) is 2. The van der Waals surface area contributed by atoms with Crippen LogP contribution in [0.1, 0.15) is 11.1 Å². The lowest BCUT2D eigenvalue weighted by Crippen LogP contribution is -2.03. The lowest BCUT2D eigenvalue weighted by molar-refractivity contribution is 0.619. The van der Waals surface area contributed by atoms with Crippen molar-refractivity contribution in [3.8, 4) is 12.1 Å². The lowest BCUT2D eigenvalue weighted by atomic mass is 10.1. The molecule has 1 heterocycles. The van der Waals surface area contributed by atoms with Gasteiger partial charge in [-0.05, 0) is 35.9 Å². The van der Waals surface area contributed by atoms with Gasteiger partial charge < -0.3 is 10.6 Å². The van der Waals surface area contributed by atoms with E-state index in [1.165, 1.54) is 0 Å². The molecule has 2 aromatic carbocycles. The summed E-state index contributed by atoms with van der Waals surface area (Å²) in [5.41, 5.74) is 2.64. The van der Waals surface area contributed by atoms with Crippen LogP contribution in [0.4, 0.5) is 27.5 Å². The number of nitriles is 2. The Labute approximate surface area is 149 Å². The van der Waals surface area contributed by atoms with E-state index in [-0.39, 0.29) is 11.8 Å². The van der Waals surface area contributed by atoms with Gasteiger partial charge in [-0.2, -0.15) is 15.5 Å². The molecule has 0 atom stereocenters. The van der Waals surface area contributed by atoms with Gasteiger partial charge in [-0.1, -0.05) is 18.2 Å². The van der Waals surface area contributed by atoms with E-state index in [1.54, 1.807) is 48.5 Å². The first-order valence-electron chi connectivity index (χ1n) is 7.70. The summed E-state index contributed by atoms with van der Waals surface area (Å²) in [6, 6.07) is 18.0. The fourth-order valence-corrected chi connectivity index (χ4v) is 2.24. The summed E-state index contributed by atoms with van der Waals surface area (Å²) in [5, 5.41) is 23.5. The van der Waals surface area contributed by atoms with Crippen LogP contribution in [0.25, 0.3) is 0 Å². The Balaban J connectivity index is 1.79. The number of anilines is 4. The van der Waals surface area contributed by atoms with Crippen LogP contribution in [0.15, 0.2) is 54.7 Å². The molecule has 0 radical (unpaired) electrons. The van der Waals surface area contributed by atoms with Crippen molar-refractivity contribution < 1.29 is 4.39 Å². The Bertz CT molecular complexity index is 1000. The van der Waals surface area contributed by atoms with Crippen LogP contribution in [0.5, 0.6) is 0 Å². The third kappa shape index (κ3) is 4.11. The smallest absolute Gasteiger partial charge is 0.229 e. The van der Waals surface area contributed by atoms with Gasteiger partial charge in [0.15, 0.2) is 11.6 Å². The van der Waals surface area contributed by atoms with Gasteiger partial charge in [-0.15, -0.1) is 0 Å². The average molecular weight is 344 g/mol. The van der Waals surface area contributed by atoms with E-state index in [0.717, 1.165) is 11.8 Å². The highest BCUT2D eigenvalue weighted by Crippen LogP contribution is 2.21. The lowest BCUT2D eigenvalue weighted by Gasteiger charge is -2.10. The molecule has 0 aliphatic heterocycles. The predicted molar refractivity (Wildman–Crippen MR) is 95.5 cm³/mol. The highest BCUT2D eigenvalue weighted by molar-refractivity contribution is 5.61. The zero-order chi connectivity index (χ0) is 18.4. The monoisotopic (exact) mass is 344 g/mol. The second-order valence-electron chi connectivity index (χ2n) is 5.36. The maximum absolute atomic E-state index is 14.0. The van der Waals surface area contributed by atoms with E-state index in [2.05, 4.69) is 26.7 Å². The standard InChI is InChI=1S/C19H13FN6/c20-17-12-23-19(25-16-3-1-2-14(10-16)11-22)26-18(17)24-15-6-4-13(5-7-15)8-9-21/h1-7,10,12H,8H2,(H2,23,24,25,26). The van der Waals surface area contributed by atoms with Crippen LogP contribution in [0, 0.1) is 28.5 Å². The second-order valence-corrected chi connectivity index (χ2v) is 5.36. The summed E-state index contributed by atoms with van der Waals surface area (Å²) >= 11 is 0. The van der Waals surface area contributed by atoms with Gasteiger partial charge in [0.2, 0.25) is 5.95 Å². The first-order chi connectivity index (χ1) is 12.7. The molecule has 0 saturated carbocycles. The molecule has 3 aromatic rings. The molecule has 1 aromatic heterocycles. The fraction of sp³-hybridized carbons (Fsp3) is 0.0526. The van der Waals surface area contributed by atoms with Gasteiger partial charge in [0.25, 0.3) is 0 Å². The molecule has 0 fully saturated rings. The molecule has 0 spiro atoms. The van der Waals surface area contributed by atoms with Crippen molar-refractivity contribution in [1.82, 2.24) is 9.97 Å². The van der Waals surface area contributed by atoms with E-state index < -0.39 is 5.82 Å². The molecule has 2 N–H and O–H groups in total. The molecule has 0 saturated heterocycles. The Morgan fingerprint density at radius 3 is 2.54 bits per heavy atom. The highest BCUT2D eigenvalue weighted by Gasteiger charge is 2.08. The first kappa shape index (κ1) is 16.9. The van der Waals surface area contributed by atoms with E-state index >= 15 is 0 Å². The van der Waals surface area contributed by atoms with Gasteiger partial charge >= 0.3 is 0 Å². The van der Waals surface area contributed by atoms with E-state index in [0.29, 0.717) is 23.4 Å². The normalized spacial score (nSPS) is 9.81. The van der Waals surface area contributed by atoms with Crippen molar-refractivity contribution in [2.45, 2.75) is 6.42 Å². The van der Waals surface area contributed by atoms with Gasteiger partial charge in [-0.25, -0.2) is 9.37 Å². The number of rotatable bonds is 5. The Kier molecular flexibility index (Phi) is 5.02. The van der Waals surface area contributed by atoms with Gasteiger partial charge in [-0.3, -0.25) is 0 Å². The van der Waals surface area contributed by atoms with Crippen molar-refractivity contribution in [2.75, 3.05) is 10.6 Å². The number of halogens is 1. The average Bonchev–Trinajstić information content (AvgIpc) is 2.66. The molecule has 0 unspecified atom stereocenters. The molecule has 0 bridgehead atoms. The van der Waals surface area contributed by atoms with Crippen molar-refractivity contribution >= 4 is 23.1 Å². The molecule has 0 aliphatic rings. The van der Waals surface area contributed by atoms with Crippen molar-refractivity contribution in [3.05, 3.63) is 71.7 Å². The third-order valence-electron chi connectivity index (χ3n) is 3.49. The third-order valence-corrected chi connectivity index (χ3v) is 3.49. The molecule has 0 aliphatic carbocycles. The maximum atomic E-state index is 14.0. The minimum absolute atomic E-state index is 0.0203. The number of benzene rings is 2. The van der Waals surface area contributed by atoms with Crippen LogP contribution in [-0.2, 0) is 6.42 Å². The fourth-order valence-electron chi connectivity index (χ4n) is 2.24. The van der Waals surface area contributed by atoms with E-state index in [9.17, 15) is 4.39 Å². The zero-order valence-electron chi connectivity index (χ0n) is 13.6. The molecular formula is C19H13FN6. The predicted octanol–water partition coefficient (Wildman–Crippen LogP) is 4.04. The number of aromatic nitrogens is 2. The largest absolute Gasteiger partial charge is 0.338 e. The van der Waals surface area contributed by atoms with Crippen LogP contribution >= 0.6 is 0 Å². The summed E-state index contributed by atoms with van der Waals surface area (Å²) in [7, 11) is 0. The Morgan fingerprint density at radius 2 is 1.81 bits per heavy atom. The number of hydrogen-bond acceptors (Lipinski definition) is 6. The van der Waals surface area contributed by atoms with Crippen molar-refractivity contribution in [1.29, 1.82) is 10.5 Å². The molecule has 126 valence electrons. The van der Waals surface area contributed by atoms with Gasteiger partial charge in [0.1, 0.15) is 0 Å². The molecule has 6 nitrogen and oxygen atoms in total. The van der Waals surface area contributed by atoms with E-state index in [1.807, 2.05) is 6.07 Å². The first-order valence-corrected chi connectivity index (χ1v) is 7.70. The minimum atomic E-state index is -0.595. The van der Waals surface area contributed by atoms with E-state index in [4.69, 9.17) is 10.5 Å². The van der Waals surface area contributed by atoms with Crippen LogP contribution in [-0.4, -0.2) is 9.97 Å². The summed E-state index contributed by atoms with van der Waals surface area (Å²) in [5.74, 6) is -0.375. The van der Waals surface area contributed by atoms with Gasteiger partial charge in [0.05, 0.1) is 30.3 Å². The van der Waals surface area contributed by atoms with Gasteiger partial charge in [0, 0.05) is 11.4 Å². The number of nitrogens with zero attached hydrogens (tertiary/aromatic N) is 4. The van der Waals surface area contributed by atoms with Crippen LogP contribution < -0.4 is 10.6 Å². The molecule has 3 rings (SSSR count). The SMILES string of the molecule is N#CCc1ccc(Nc2nc(Nc3cccc(C#N)c3)ncc2F)cc1. The molecule has 26 heavy (non-hydrogen) atoms. The van der Waals surface area contributed by atoms with Crippen LogP contribution in [0.2, 0.25) is 0 Å². The molecular weight excluding hydrogens is 331 g/mol. The second kappa shape index (κ2) is 7.73. The highest BCUT2D eigenvalue weighted by atomic mass is 19.1.